The van der Waals surface area contributed by atoms with Gasteiger partial charge in [-0.05, 0) is 50.2 Å². The standard InChI is InChI=1S/C14H26N2/c1-2-5-11(6-3-1)13-10-15-9-12-7-4-8-16-14(12)13/h11-16H,1-10H2. The van der Waals surface area contributed by atoms with Crippen LogP contribution in [0.1, 0.15) is 44.9 Å². The van der Waals surface area contributed by atoms with Gasteiger partial charge in [-0.1, -0.05) is 32.1 Å². The lowest BCUT2D eigenvalue weighted by atomic mass is 9.70. The van der Waals surface area contributed by atoms with Crippen LogP contribution >= 0.6 is 0 Å². The van der Waals surface area contributed by atoms with E-state index in [-0.39, 0.29) is 0 Å². The second-order valence-corrected chi connectivity index (χ2v) is 6.10. The molecule has 3 rings (SSSR count). The Kier molecular flexibility index (Phi) is 3.49. The third-order valence-electron chi connectivity index (χ3n) is 5.14. The average molecular weight is 222 g/mol. The Morgan fingerprint density at radius 3 is 2.44 bits per heavy atom. The van der Waals surface area contributed by atoms with Gasteiger partial charge in [-0.25, -0.2) is 0 Å². The van der Waals surface area contributed by atoms with Crippen LogP contribution in [0, 0.1) is 17.8 Å². The largest absolute Gasteiger partial charge is 0.316 e. The molecule has 16 heavy (non-hydrogen) atoms. The minimum atomic E-state index is 0.845. The highest BCUT2D eigenvalue weighted by atomic mass is 15.0. The molecule has 2 nitrogen and oxygen atoms in total. The first-order chi connectivity index (χ1) is 7.95. The molecule has 2 aliphatic heterocycles. The summed E-state index contributed by atoms with van der Waals surface area (Å²) < 4.78 is 0. The predicted molar refractivity (Wildman–Crippen MR) is 67.4 cm³/mol. The van der Waals surface area contributed by atoms with Crippen molar-refractivity contribution in [3.8, 4) is 0 Å². The van der Waals surface area contributed by atoms with E-state index < -0.39 is 0 Å². The van der Waals surface area contributed by atoms with Crippen LogP contribution in [-0.2, 0) is 0 Å². The molecule has 0 amide bonds. The van der Waals surface area contributed by atoms with Crippen LogP contribution in [0.5, 0.6) is 0 Å². The van der Waals surface area contributed by atoms with Crippen LogP contribution in [0.4, 0.5) is 0 Å². The van der Waals surface area contributed by atoms with E-state index in [0.717, 1.165) is 23.8 Å². The summed E-state index contributed by atoms with van der Waals surface area (Å²) in [4.78, 5) is 0. The lowest BCUT2D eigenvalue weighted by molar-refractivity contribution is 0.0989. The molecule has 2 saturated heterocycles. The van der Waals surface area contributed by atoms with E-state index in [1.165, 1.54) is 64.6 Å². The second kappa shape index (κ2) is 5.05. The fraction of sp³-hybridized carbons (Fsp3) is 1.00. The van der Waals surface area contributed by atoms with Crippen molar-refractivity contribution in [3.05, 3.63) is 0 Å². The highest BCUT2D eigenvalue weighted by Gasteiger charge is 2.38. The number of piperidine rings is 2. The first-order valence-electron chi connectivity index (χ1n) is 7.39. The monoisotopic (exact) mass is 222 g/mol. The highest BCUT2D eigenvalue weighted by Crippen LogP contribution is 2.36. The summed E-state index contributed by atoms with van der Waals surface area (Å²) in [7, 11) is 0. The molecule has 3 fully saturated rings. The molecule has 0 spiro atoms. The Morgan fingerprint density at radius 1 is 0.750 bits per heavy atom. The number of rotatable bonds is 1. The predicted octanol–water partition coefficient (Wildman–Crippen LogP) is 2.15. The average Bonchev–Trinajstić information content (AvgIpc) is 2.39. The molecule has 1 saturated carbocycles. The van der Waals surface area contributed by atoms with Crippen molar-refractivity contribution in [1.82, 2.24) is 10.6 Å². The third kappa shape index (κ3) is 2.14. The Bertz CT molecular complexity index is 221. The van der Waals surface area contributed by atoms with Crippen molar-refractivity contribution in [2.45, 2.75) is 51.0 Å². The molecule has 0 aromatic heterocycles. The first-order valence-corrected chi connectivity index (χ1v) is 7.39. The zero-order chi connectivity index (χ0) is 10.8. The number of hydrogen-bond acceptors (Lipinski definition) is 2. The van der Waals surface area contributed by atoms with E-state index in [9.17, 15) is 0 Å². The van der Waals surface area contributed by atoms with Crippen LogP contribution in [0.3, 0.4) is 0 Å². The van der Waals surface area contributed by atoms with Crippen LogP contribution < -0.4 is 10.6 Å². The molecule has 3 atom stereocenters. The molecule has 0 aromatic carbocycles. The van der Waals surface area contributed by atoms with E-state index in [1.807, 2.05) is 0 Å². The molecule has 0 bridgehead atoms. The van der Waals surface area contributed by atoms with E-state index >= 15 is 0 Å². The SMILES string of the molecule is C1CCC(C2CNCC3CCCNC32)CC1. The Morgan fingerprint density at radius 2 is 1.56 bits per heavy atom. The van der Waals surface area contributed by atoms with Gasteiger partial charge in [0.25, 0.3) is 0 Å². The van der Waals surface area contributed by atoms with Gasteiger partial charge in [0, 0.05) is 6.04 Å². The zero-order valence-corrected chi connectivity index (χ0v) is 10.4. The summed E-state index contributed by atoms with van der Waals surface area (Å²) in [5.74, 6) is 2.87. The van der Waals surface area contributed by atoms with Gasteiger partial charge in [-0.2, -0.15) is 0 Å². The number of nitrogens with one attached hydrogen (secondary N) is 2. The van der Waals surface area contributed by atoms with Crippen molar-refractivity contribution >= 4 is 0 Å². The van der Waals surface area contributed by atoms with Gasteiger partial charge in [0.15, 0.2) is 0 Å². The van der Waals surface area contributed by atoms with Crippen molar-refractivity contribution in [3.63, 3.8) is 0 Å². The molecule has 1 aliphatic carbocycles. The van der Waals surface area contributed by atoms with Gasteiger partial charge in [0.05, 0.1) is 0 Å². The molecule has 2 heteroatoms. The maximum absolute atomic E-state index is 3.83. The van der Waals surface area contributed by atoms with Gasteiger partial charge >= 0.3 is 0 Å². The fourth-order valence-electron chi connectivity index (χ4n) is 4.29. The van der Waals surface area contributed by atoms with Gasteiger partial charge in [-0.15, -0.1) is 0 Å². The van der Waals surface area contributed by atoms with Crippen molar-refractivity contribution in [2.75, 3.05) is 19.6 Å². The summed E-state index contributed by atoms with van der Waals surface area (Å²) in [5, 5.41) is 7.52. The Labute approximate surface area is 99.6 Å². The maximum atomic E-state index is 3.83. The summed E-state index contributed by atoms with van der Waals surface area (Å²) in [6.45, 7) is 3.81. The summed E-state index contributed by atoms with van der Waals surface area (Å²) >= 11 is 0. The molecule has 0 aromatic rings. The lowest BCUT2D eigenvalue weighted by Crippen LogP contribution is -2.58. The molecule has 2 N–H and O–H groups in total. The molecule has 92 valence electrons. The minimum Gasteiger partial charge on any atom is -0.316 e. The highest BCUT2D eigenvalue weighted by molar-refractivity contribution is 4.95. The Balaban J connectivity index is 1.67. The van der Waals surface area contributed by atoms with Crippen molar-refractivity contribution < 1.29 is 0 Å². The van der Waals surface area contributed by atoms with E-state index in [1.54, 1.807) is 0 Å². The van der Waals surface area contributed by atoms with Gasteiger partial charge < -0.3 is 10.6 Å². The fourth-order valence-corrected chi connectivity index (χ4v) is 4.29. The second-order valence-electron chi connectivity index (χ2n) is 6.10. The lowest BCUT2D eigenvalue weighted by Gasteiger charge is -2.46. The van der Waals surface area contributed by atoms with Crippen molar-refractivity contribution in [2.24, 2.45) is 17.8 Å². The topological polar surface area (TPSA) is 24.1 Å². The zero-order valence-electron chi connectivity index (χ0n) is 10.4. The third-order valence-corrected chi connectivity index (χ3v) is 5.14. The maximum Gasteiger partial charge on any atom is 0.0150 e. The molecule has 3 aliphatic rings. The molecule has 0 radical (unpaired) electrons. The number of fused-ring (bicyclic) bond motifs is 1. The van der Waals surface area contributed by atoms with Gasteiger partial charge in [0.2, 0.25) is 0 Å². The van der Waals surface area contributed by atoms with E-state index in [0.29, 0.717) is 0 Å². The van der Waals surface area contributed by atoms with E-state index in [4.69, 9.17) is 0 Å². The molecular formula is C14H26N2. The summed E-state index contributed by atoms with van der Waals surface area (Å²) in [6, 6.07) is 0.845. The van der Waals surface area contributed by atoms with Crippen LogP contribution in [0.25, 0.3) is 0 Å². The van der Waals surface area contributed by atoms with Crippen LogP contribution in [-0.4, -0.2) is 25.7 Å². The van der Waals surface area contributed by atoms with Crippen LogP contribution in [0.15, 0.2) is 0 Å². The van der Waals surface area contributed by atoms with Crippen LogP contribution in [0.2, 0.25) is 0 Å². The minimum absolute atomic E-state index is 0.845. The Hall–Kier alpha value is -0.0800. The summed E-state index contributed by atoms with van der Waals surface area (Å²) in [5.41, 5.74) is 0. The van der Waals surface area contributed by atoms with E-state index in [2.05, 4.69) is 10.6 Å². The van der Waals surface area contributed by atoms with Crippen molar-refractivity contribution in [1.29, 1.82) is 0 Å². The quantitative estimate of drug-likeness (QED) is 0.710. The van der Waals surface area contributed by atoms with Gasteiger partial charge in [0.1, 0.15) is 0 Å². The van der Waals surface area contributed by atoms with Gasteiger partial charge in [-0.3, -0.25) is 0 Å². The molecule has 2 heterocycles. The molecule has 3 unspecified atom stereocenters. The molecular weight excluding hydrogens is 196 g/mol. The summed E-state index contributed by atoms with van der Waals surface area (Å²) in [6.07, 6.45) is 10.3. The number of hydrogen-bond donors (Lipinski definition) is 2. The first kappa shape index (κ1) is 11.0. The smallest absolute Gasteiger partial charge is 0.0150 e. The normalized spacial score (nSPS) is 41.6.